The van der Waals surface area contributed by atoms with E-state index in [0.717, 1.165) is 24.8 Å². The molecule has 0 atom stereocenters. The summed E-state index contributed by atoms with van der Waals surface area (Å²) in [6.45, 7) is 1.91. The number of aryl methyl sites for hydroxylation is 1. The van der Waals surface area contributed by atoms with E-state index < -0.39 is 0 Å². The molecular formula is C23H23Cl2NO4. The van der Waals surface area contributed by atoms with Crippen molar-refractivity contribution in [2.24, 2.45) is 5.41 Å². The molecule has 3 aliphatic carbocycles. The van der Waals surface area contributed by atoms with Gasteiger partial charge in [0.2, 0.25) is 0 Å². The minimum atomic E-state index is -0.172. The molecule has 5 nitrogen and oxygen atoms in total. The number of Topliss-reactive ketones (excluding diaryl/α,β-unsaturated/α-hetero) is 1. The van der Waals surface area contributed by atoms with Crippen LogP contribution >= 0.6 is 23.2 Å². The van der Waals surface area contributed by atoms with Gasteiger partial charge in [0.15, 0.2) is 12.4 Å². The van der Waals surface area contributed by atoms with E-state index in [2.05, 4.69) is 5.32 Å². The second-order valence-corrected chi connectivity index (χ2v) is 9.36. The van der Waals surface area contributed by atoms with Crippen molar-refractivity contribution in [1.82, 2.24) is 5.32 Å². The summed E-state index contributed by atoms with van der Waals surface area (Å²) in [4.78, 5) is 24.5. The smallest absolute Gasteiger partial charge is 0.258 e. The molecule has 7 heteroatoms. The van der Waals surface area contributed by atoms with Gasteiger partial charge < -0.3 is 14.8 Å². The molecule has 3 saturated carbocycles. The first kappa shape index (κ1) is 21.0. The Morgan fingerprint density at radius 2 is 1.60 bits per heavy atom. The predicted molar refractivity (Wildman–Crippen MR) is 115 cm³/mol. The molecule has 3 fully saturated rings. The molecule has 5 rings (SSSR count). The fourth-order valence-electron chi connectivity index (χ4n) is 4.67. The average molecular weight is 448 g/mol. The van der Waals surface area contributed by atoms with Gasteiger partial charge in [0.05, 0.1) is 0 Å². The summed E-state index contributed by atoms with van der Waals surface area (Å²) in [5.41, 5.74) is 0.758. The first-order valence-electron chi connectivity index (χ1n) is 9.87. The highest BCUT2D eigenvalue weighted by Gasteiger charge is 2.68. The number of ether oxygens (including phenoxy) is 2. The van der Waals surface area contributed by atoms with Crippen LogP contribution in [0.2, 0.25) is 10.0 Å². The van der Waals surface area contributed by atoms with E-state index in [4.69, 9.17) is 32.7 Å². The summed E-state index contributed by atoms with van der Waals surface area (Å²) in [7, 11) is 0. The molecule has 3 aliphatic rings. The zero-order valence-electron chi connectivity index (χ0n) is 16.7. The summed E-state index contributed by atoms with van der Waals surface area (Å²) in [5.74, 6) is 1.18. The van der Waals surface area contributed by atoms with Gasteiger partial charge in [-0.3, -0.25) is 9.59 Å². The Labute approximate surface area is 185 Å². The second-order valence-electron chi connectivity index (χ2n) is 8.52. The van der Waals surface area contributed by atoms with Gasteiger partial charge in [-0.15, -0.1) is 0 Å². The Kier molecular flexibility index (Phi) is 5.69. The number of nitrogens with one attached hydrogen (secondary N) is 1. The summed E-state index contributed by atoms with van der Waals surface area (Å²) in [6.07, 6.45) is 2.98. The Bertz CT molecular complexity index is 954. The van der Waals surface area contributed by atoms with Gasteiger partial charge in [-0.25, -0.2) is 0 Å². The van der Waals surface area contributed by atoms with E-state index in [1.165, 1.54) is 0 Å². The van der Waals surface area contributed by atoms with Gasteiger partial charge in [0.25, 0.3) is 5.91 Å². The number of ketones is 1. The number of carbonyl (C=O) groups is 2. The highest BCUT2D eigenvalue weighted by Crippen LogP contribution is 2.68. The standard InChI is InChI=1S/C23H23Cl2NO4/c1-15-8-19(6-7-20(15)25)29-10-17(27)9-22-12-23(13-22,14-22)26-21(28)11-30-18-4-2-16(24)3-5-18/h2-8H,9-14H2,1H3,(H,26,28). The van der Waals surface area contributed by atoms with Gasteiger partial charge in [-0.1, -0.05) is 23.2 Å². The van der Waals surface area contributed by atoms with Crippen molar-refractivity contribution < 1.29 is 19.1 Å². The monoisotopic (exact) mass is 447 g/mol. The lowest BCUT2D eigenvalue weighted by atomic mass is 9.38. The molecule has 0 radical (unpaired) electrons. The maximum atomic E-state index is 12.3. The van der Waals surface area contributed by atoms with E-state index in [1.54, 1.807) is 36.4 Å². The van der Waals surface area contributed by atoms with Crippen LogP contribution < -0.4 is 14.8 Å². The Hall–Kier alpha value is -2.24. The predicted octanol–water partition coefficient (Wildman–Crippen LogP) is 4.76. The third-order valence-corrected chi connectivity index (χ3v) is 6.51. The number of amides is 1. The second kappa shape index (κ2) is 8.12. The number of halogens is 2. The fraction of sp³-hybridized carbons (Fsp3) is 0.391. The number of hydrogen-bond donors (Lipinski definition) is 1. The van der Waals surface area contributed by atoms with Crippen LogP contribution in [0.25, 0.3) is 0 Å². The van der Waals surface area contributed by atoms with Crippen molar-refractivity contribution >= 4 is 34.9 Å². The SMILES string of the molecule is Cc1cc(OCC(=O)CC23CC(NC(=O)COc4ccc(Cl)cc4)(C2)C3)ccc1Cl. The first-order chi connectivity index (χ1) is 14.3. The molecule has 30 heavy (non-hydrogen) atoms. The number of rotatable bonds is 9. The van der Waals surface area contributed by atoms with Crippen LogP contribution in [0.1, 0.15) is 31.2 Å². The quantitative estimate of drug-likeness (QED) is 0.601. The van der Waals surface area contributed by atoms with Gasteiger partial charge >= 0.3 is 0 Å². The zero-order chi connectivity index (χ0) is 21.4. The lowest BCUT2D eigenvalue weighted by Gasteiger charge is -2.70. The van der Waals surface area contributed by atoms with Crippen LogP contribution in [0.4, 0.5) is 0 Å². The van der Waals surface area contributed by atoms with Crippen LogP contribution in [-0.2, 0) is 9.59 Å². The summed E-state index contributed by atoms with van der Waals surface area (Å²) >= 11 is 11.8. The Morgan fingerprint density at radius 3 is 2.27 bits per heavy atom. The molecule has 1 amide bonds. The molecule has 158 valence electrons. The largest absolute Gasteiger partial charge is 0.486 e. The van der Waals surface area contributed by atoms with Gasteiger partial charge in [-0.05, 0) is 79.6 Å². The zero-order valence-corrected chi connectivity index (χ0v) is 18.2. The molecule has 0 unspecified atom stereocenters. The normalized spacial score (nSPS) is 23.7. The van der Waals surface area contributed by atoms with Crippen LogP contribution in [0.15, 0.2) is 42.5 Å². The van der Waals surface area contributed by atoms with Crippen molar-refractivity contribution in [3.05, 3.63) is 58.1 Å². The highest BCUT2D eigenvalue weighted by atomic mass is 35.5. The lowest BCUT2D eigenvalue weighted by molar-refractivity contribution is -0.173. The van der Waals surface area contributed by atoms with Crippen molar-refractivity contribution in [3.63, 3.8) is 0 Å². The average Bonchev–Trinajstić information content (AvgIpc) is 2.66. The van der Waals surface area contributed by atoms with Crippen molar-refractivity contribution in [1.29, 1.82) is 0 Å². The Morgan fingerprint density at radius 1 is 0.967 bits per heavy atom. The summed E-state index contributed by atoms with van der Waals surface area (Å²) in [6, 6.07) is 12.2. The van der Waals surface area contributed by atoms with Crippen LogP contribution in [0, 0.1) is 12.3 Å². The highest BCUT2D eigenvalue weighted by molar-refractivity contribution is 6.31. The van der Waals surface area contributed by atoms with Gasteiger partial charge in [0, 0.05) is 22.0 Å². The van der Waals surface area contributed by atoms with Crippen molar-refractivity contribution in [2.75, 3.05) is 13.2 Å². The van der Waals surface area contributed by atoms with Crippen LogP contribution in [0.5, 0.6) is 11.5 Å². The molecule has 0 aliphatic heterocycles. The molecule has 2 aromatic rings. The molecule has 1 N–H and O–H groups in total. The fourth-order valence-corrected chi connectivity index (χ4v) is 4.91. The molecule has 0 spiro atoms. The maximum Gasteiger partial charge on any atom is 0.258 e. The molecule has 2 bridgehead atoms. The number of benzene rings is 2. The minimum Gasteiger partial charge on any atom is -0.486 e. The molecule has 2 aromatic carbocycles. The summed E-state index contributed by atoms with van der Waals surface area (Å²) in [5, 5.41) is 4.36. The minimum absolute atomic E-state index is 0.0146. The van der Waals surface area contributed by atoms with Crippen LogP contribution in [-0.4, -0.2) is 30.4 Å². The van der Waals surface area contributed by atoms with E-state index >= 15 is 0 Å². The van der Waals surface area contributed by atoms with E-state index in [9.17, 15) is 9.59 Å². The number of carbonyl (C=O) groups excluding carboxylic acids is 2. The van der Waals surface area contributed by atoms with Crippen molar-refractivity contribution in [2.45, 2.75) is 38.1 Å². The third-order valence-electron chi connectivity index (χ3n) is 5.83. The summed E-state index contributed by atoms with van der Waals surface area (Å²) < 4.78 is 11.1. The molecule has 0 heterocycles. The topological polar surface area (TPSA) is 64.6 Å². The third kappa shape index (κ3) is 4.57. The number of hydrogen-bond acceptors (Lipinski definition) is 4. The van der Waals surface area contributed by atoms with Crippen molar-refractivity contribution in [3.8, 4) is 11.5 Å². The lowest BCUT2D eigenvalue weighted by Crippen LogP contribution is -2.75. The van der Waals surface area contributed by atoms with E-state index in [1.807, 2.05) is 13.0 Å². The van der Waals surface area contributed by atoms with E-state index in [0.29, 0.717) is 28.0 Å². The van der Waals surface area contributed by atoms with Gasteiger partial charge in [-0.2, -0.15) is 0 Å². The van der Waals surface area contributed by atoms with Gasteiger partial charge in [0.1, 0.15) is 18.1 Å². The Balaban J connectivity index is 1.17. The first-order valence-corrected chi connectivity index (χ1v) is 10.6. The molecule has 0 saturated heterocycles. The molecular weight excluding hydrogens is 425 g/mol. The molecule has 0 aromatic heterocycles. The van der Waals surface area contributed by atoms with E-state index in [-0.39, 0.29) is 35.9 Å². The van der Waals surface area contributed by atoms with Crippen LogP contribution in [0.3, 0.4) is 0 Å². The maximum absolute atomic E-state index is 12.3.